The lowest BCUT2D eigenvalue weighted by Gasteiger charge is -2.27. The van der Waals surface area contributed by atoms with Crippen LogP contribution >= 0.6 is 0 Å². The normalized spacial score (nSPS) is 20.6. The Morgan fingerprint density at radius 3 is 2.89 bits per heavy atom. The van der Waals surface area contributed by atoms with Crippen molar-refractivity contribution >= 4 is 0 Å². The van der Waals surface area contributed by atoms with Crippen LogP contribution in [0, 0.1) is 5.92 Å². The fourth-order valence-electron chi connectivity index (χ4n) is 2.84. The molecular formula is C15H23NO2. The molecule has 0 saturated carbocycles. The molecule has 0 amide bonds. The third-order valence-electron chi connectivity index (χ3n) is 3.84. The Bertz CT molecular complexity index is 403. The third-order valence-corrected chi connectivity index (χ3v) is 3.84. The summed E-state index contributed by atoms with van der Waals surface area (Å²) in [6.45, 7) is 6.48. The van der Waals surface area contributed by atoms with E-state index >= 15 is 0 Å². The molecule has 1 heterocycles. The monoisotopic (exact) mass is 249 g/mol. The maximum Gasteiger partial charge on any atom is 0.120 e. The lowest BCUT2D eigenvalue weighted by Crippen LogP contribution is -2.32. The van der Waals surface area contributed by atoms with E-state index in [2.05, 4.69) is 18.7 Å². The van der Waals surface area contributed by atoms with Crippen LogP contribution in [0.3, 0.4) is 0 Å². The van der Waals surface area contributed by atoms with E-state index in [0.29, 0.717) is 17.7 Å². The van der Waals surface area contributed by atoms with Gasteiger partial charge in [0, 0.05) is 18.2 Å². The molecule has 1 fully saturated rings. The van der Waals surface area contributed by atoms with Crippen molar-refractivity contribution in [3.63, 3.8) is 0 Å². The molecular weight excluding hydrogens is 226 g/mol. The Morgan fingerprint density at radius 1 is 1.44 bits per heavy atom. The number of rotatable bonds is 4. The number of phenolic OH excluding ortho intramolecular Hbond substituents is 1. The predicted octanol–water partition coefficient (Wildman–Crippen LogP) is 3.02. The summed E-state index contributed by atoms with van der Waals surface area (Å²) in [5, 5.41) is 9.93. The number of benzene rings is 1. The molecule has 0 spiro atoms. The van der Waals surface area contributed by atoms with Crippen LogP contribution in [0.5, 0.6) is 11.5 Å². The van der Waals surface area contributed by atoms with Gasteiger partial charge in [-0.15, -0.1) is 0 Å². The van der Waals surface area contributed by atoms with Crippen LogP contribution in [0.15, 0.2) is 18.2 Å². The van der Waals surface area contributed by atoms with Crippen molar-refractivity contribution < 1.29 is 9.84 Å². The Hall–Kier alpha value is -1.22. The van der Waals surface area contributed by atoms with Crippen molar-refractivity contribution in [2.45, 2.75) is 39.3 Å². The summed E-state index contributed by atoms with van der Waals surface area (Å²) < 4.78 is 5.22. The Labute approximate surface area is 109 Å². The van der Waals surface area contributed by atoms with E-state index in [1.165, 1.54) is 12.8 Å². The van der Waals surface area contributed by atoms with Crippen LogP contribution in [0.4, 0.5) is 0 Å². The quantitative estimate of drug-likeness (QED) is 0.890. The first kappa shape index (κ1) is 13.2. The van der Waals surface area contributed by atoms with E-state index in [1.807, 2.05) is 6.07 Å². The summed E-state index contributed by atoms with van der Waals surface area (Å²) in [6.07, 6.45) is 2.52. The molecule has 0 radical (unpaired) electrons. The molecule has 1 aromatic rings. The summed E-state index contributed by atoms with van der Waals surface area (Å²) in [5.41, 5.74) is 0.960. The molecule has 3 heteroatoms. The molecule has 1 aliphatic heterocycles. The zero-order valence-electron chi connectivity index (χ0n) is 11.5. The molecule has 100 valence electrons. The average Bonchev–Trinajstić information content (AvgIpc) is 2.80. The first-order chi connectivity index (χ1) is 8.61. The lowest BCUT2D eigenvalue weighted by molar-refractivity contribution is 0.196. The minimum absolute atomic E-state index is 0.366. The lowest BCUT2D eigenvalue weighted by atomic mass is 10.0. The van der Waals surface area contributed by atoms with Gasteiger partial charge in [-0.1, -0.05) is 13.8 Å². The zero-order chi connectivity index (χ0) is 13.1. The minimum atomic E-state index is 0.366. The third kappa shape index (κ3) is 2.78. The number of ether oxygens (including phenoxy) is 1. The second-order valence-corrected chi connectivity index (χ2v) is 5.42. The number of phenols is 1. The Kier molecular flexibility index (Phi) is 4.12. The second-order valence-electron chi connectivity index (χ2n) is 5.42. The van der Waals surface area contributed by atoms with E-state index in [9.17, 15) is 5.11 Å². The van der Waals surface area contributed by atoms with Crippen molar-refractivity contribution in [3.8, 4) is 11.5 Å². The molecule has 18 heavy (non-hydrogen) atoms. The van der Waals surface area contributed by atoms with Crippen LogP contribution in [-0.2, 0) is 6.54 Å². The van der Waals surface area contributed by atoms with Crippen LogP contribution in [0.1, 0.15) is 32.3 Å². The van der Waals surface area contributed by atoms with Gasteiger partial charge in [0.15, 0.2) is 0 Å². The zero-order valence-corrected chi connectivity index (χ0v) is 11.5. The maximum atomic E-state index is 9.93. The van der Waals surface area contributed by atoms with Gasteiger partial charge >= 0.3 is 0 Å². The second kappa shape index (κ2) is 5.61. The van der Waals surface area contributed by atoms with Gasteiger partial charge in [0.2, 0.25) is 0 Å². The van der Waals surface area contributed by atoms with Crippen molar-refractivity contribution in [2.75, 3.05) is 13.7 Å². The highest BCUT2D eigenvalue weighted by Crippen LogP contribution is 2.29. The molecule has 3 nitrogen and oxygen atoms in total. The highest BCUT2D eigenvalue weighted by Gasteiger charge is 2.27. The van der Waals surface area contributed by atoms with Crippen LogP contribution < -0.4 is 4.74 Å². The van der Waals surface area contributed by atoms with Crippen LogP contribution in [0.25, 0.3) is 0 Å². The van der Waals surface area contributed by atoms with Gasteiger partial charge in [-0.2, -0.15) is 0 Å². The summed E-state index contributed by atoms with van der Waals surface area (Å²) in [4.78, 5) is 2.47. The highest BCUT2D eigenvalue weighted by atomic mass is 16.5. The molecule has 0 aliphatic carbocycles. The maximum absolute atomic E-state index is 9.93. The molecule has 0 aromatic heterocycles. The van der Waals surface area contributed by atoms with E-state index in [4.69, 9.17) is 4.74 Å². The first-order valence-electron chi connectivity index (χ1n) is 6.71. The van der Waals surface area contributed by atoms with E-state index < -0.39 is 0 Å². The van der Waals surface area contributed by atoms with Gasteiger partial charge in [0.1, 0.15) is 11.5 Å². The standard InChI is InChI=1S/C15H23NO2/c1-11(2)14-5-4-8-16(14)10-12-9-13(18-3)6-7-15(12)17/h6-7,9,11,14,17H,4-5,8,10H2,1-3H3. The smallest absolute Gasteiger partial charge is 0.120 e. The van der Waals surface area contributed by atoms with Crippen molar-refractivity contribution in [3.05, 3.63) is 23.8 Å². The van der Waals surface area contributed by atoms with E-state index in [-0.39, 0.29) is 0 Å². The number of hydrogen-bond acceptors (Lipinski definition) is 3. The molecule has 0 bridgehead atoms. The number of nitrogens with zero attached hydrogens (tertiary/aromatic N) is 1. The number of hydrogen-bond donors (Lipinski definition) is 1. The number of methoxy groups -OCH3 is 1. The van der Waals surface area contributed by atoms with Crippen molar-refractivity contribution in [2.24, 2.45) is 5.92 Å². The predicted molar refractivity (Wildman–Crippen MR) is 72.9 cm³/mol. The van der Waals surface area contributed by atoms with Gasteiger partial charge in [-0.05, 0) is 43.5 Å². The highest BCUT2D eigenvalue weighted by molar-refractivity contribution is 5.39. The largest absolute Gasteiger partial charge is 0.508 e. The van der Waals surface area contributed by atoms with Gasteiger partial charge in [0.25, 0.3) is 0 Å². The molecule has 1 N–H and O–H groups in total. The SMILES string of the molecule is COc1ccc(O)c(CN2CCCC2C(C)C)c1. The van der Waals surface area contributed by atoms with E-state index in [1.54, 1.807) is 19.2 Å². The molecule has 1 aliphatic rings. The number of aromatic hydroxyl groups is 1. The van der Waals surface area contributed by atoms with E-state index in [0.717, 1.165) is 24.4 Å². The minimum Gasteiger partial charge on any atom is -0.508 e. The molecule has 1 atom stereocenters. The summed E-state index contributed by atoms with van der Waals surface area (Å²) in [6, 6.07) is 6.08. The first-order valence-corrected chi connectivity index (χ1v) is 6.71. The van der Waals surface area contributed by atoms with Crippen LogP contribution in [-0.4, -0.2) is 29.7 Å². The fraction of sp³-hybridized carbons (Fsp3) is 0.600. The van der Waals surface area contributed by atoms with Crippen molar-refractivity contribution in [1.82, 2.24) is 4.90 Å². The fourth-order valence-corrected chi connectivity index (χ4v) is 2.84. The average molecular weight is 249 g/mol. The topological polar surface area (TPSA) is 32.7 Å². The molecule has 1 unspecified atom stereocenters. The van der Waals surface area contributed by atoms with Crippen LogP contribution in [0.2, 0.25) is 0 Å². The van der Waals surface area contributed by atoms with Gasteiger partial charge in [-0.3, -0.25) is 4.90 Å². The van der Waals surface area contributed by atoms with Gasteiger partial charge in [-0.25, -0.2) is 0 Å². The summed E-state index contributed by atoms with van der Waals surface area (Å²) in [5.74, 6) is 1.84. The molecule has 1 aromatic carbocycles. The molecule has 1 saturated heterocycles. The summed E-state index contributed by atoms with van der Waals surface area (Å²) >= 11 is 0. The van der Waals surface area contributed by atoms with Gasteiger partial charge in [0.05, 0.1) is 7.11 Å². The Morgan fingerprint density at radius 2 is 2.22 bits per heavy atom. The summed E-state index contributed by atoms with van der Waals surface area (Å²) in [7, 11) is 1.66. The Balaban J connectivity index is 2.13. The molecule has 2 rings (SSSR count). The van der Waals surface area contributed by atoms with Gasteiger partial charge < -0.3 is 9.84 Å². The van der Waals surface area contributed by atoms with Crippen molar-refractivity contribution in [1.29, 1.82) is 0 Å². The number of likely N-dealkylation sites (tertiary alicyclic amines) is 1.